The van der Waals surface area contributed by atoms with Crippen LogP contribution in [0.5, 0.6) is 0 Å². The SMILES string of the molecule is Cc1ccc(-c2cnc(N)c(C(=O)Nc3cnc(S(=O)CCc4ccc(-c5cnc(N)c(C(=O)Nc6ccc(S(N)(=O)=O)nc6)n5)cc4)nc3)n2)cc1. The minimum absolute atomic E-state index is 0.0356. The Morgan fingerprint density at radius 3 is 1.70 bits per heavy atom. The molecule has 0 bridgehead atoms. The molecule has 0 aliphatic rings. The molecule has 53 heavy (non-hydrogen) atoms. The van der Waals surface area contributed by atoms with Gasteiger partial charge < -0.3 is 22.1 Å². The molecule has 2 amide bonds. The summed E-state index contributed by atoms with van der Waals surface area (Å²) in [5.41, 5.74) is 16.3. The molecule has 1 atom stereocenters. The number of sulfonamides is 1. The van der Waals surface area contributed by atoms with Crippen LogP contribution in [0.1, 0.15) is 32.1 Å². The highest BCUT2D eigenvalue weighted by molar-refractivity contribution is 7.89. The van der Waals surface area contributed by atoms with Crippen molar-refractivity contribution in [3.05, 3.63) is 114 Å². The Kier molecular flexibility index (Phi) is 10.5. The third-order valence-corrected chi connectivity index (χ3v) is 9.60. The number of nitrogens with two attached hydrogens (primary N) is 3. The van der Waals surface area contributed by atoms with Crippen LogP contribution in [-0.4, -0.2) is 65.1 Å². The number of amides is 2. The lowest BCUT2D eigenvalue weighted by Crippen LogP contribution is -2.18. The molecule has 4 aromatic heterocycles. The third-order valence-electron chi connectivity index (χ3n) is 7.58. The van der Waals surface area contributed by atoms with Gasteiger partial charge in [-0.2, -0.15) is 0 Å². The first kappa shape index (κ1) is 36.2. The maximum Gasteiger partial charge on any atom is 0.278 e. The van der Waals surface area contributed by atoms with Crippen LogP contribution in [0.25, 0.3) is 22.5 Å². The van der Waals surface area contributed by atoms with E-state index >= 15 is 0 Å². The highest BCUT2D eigenvalue weighted by Crippen LogP contribution is 2.22. The number of carbonyl (C=O) groups excluding carboxylic acids is 2. The van der Waals surface area contributed by atoms with Gasteiger partial charge in [-0.1, -0.05) is 54.1 Å². The molecule has 6 aromatic rings. The second-order valence-electron chi connectivity index (χ2n) is 11.4. The molecule has 0 radical (unpaired) electrons. The standard InChI is InChI=1S/C34H30N12O5S2/c1-19-2-6-21(7-3-19)25-17-39-31(36)29(45-25)33(48)44-24-15-41-34(42-16-24)52(49)13-12-20-4-8-22(9-5-20)26-18-40-30(35)28(46-26)32(47)43-23-10-11-27(38-14-23)53(37,50)51/h2-11,14-18H,12-13H2,1H3,(H2,35,40)(H2,36,39)(H,43,47)(H,44,48)(H2,37,50,51). The molecule has 1 unspecified atom stereocenters. The van der Waals surface area contributed by atoms with Gasteiger partial charge >= 0.3 is 0 Å². The van der Waals surface area contributed by atoms with Crippen molar-refractivity contribution in [2.75, 3.05) is 27.9 Å². The summed E-state index contributed by atoms with van der Waals surface area (Å²) in [6.45, 7) is 1.97. The van der Waals surface area contributed by atoms with Crippen LogP contribution in [-0.2, 0) is 27.2 Å². The zero-order chi connectivity index (χ0) is 37.7. The number of aromatic nitrogens is 7. The van der Waals surface area contributed by atoms with Crippen LogP contribution in [0.2, 0.25) is 0 Å². The molecule has 0 saturated heterocycles. The van der Waals surface area contributed by atoms with Crippen molar-refractivity contribution in [3.8, 4) is 22.5 Å². The van der Waals surface area contributed by atoms with Gasteiger partial charge in [0.25, 0.3) is 21.8 Å². The van der Waals surface area contributed by atoms with E-state index in [0.29, 0.717) is 23.4 Å². The maximum absolute atomic E-state index is 13.0. The average molecular weight is 751 g/mol. The number of primary sulfonamides is 1. The summed E-state index contributed by atoms with van der Waals surface area (Å²) < 4.78 is 35.8. The lowest BCUT2D eigenvalue weighted by molar-refractivity contribution is 0.101. The fourth-order valence-electron chi connectivity index (χ4n) is 4.78. The number of pyridine rings is 1. The number of hydrogen-bond acceptors (Lipinski definition) is 14. The Balaban J connectivity index is 1.04. The third kappa shape index (κ3) is 8.84. The Labute approximate surface area is 305 Å². The Morgan fingerprint density at radius 2 is 1.19 bits per heavy atom. The molecule has 6 rings (SSSR count). The highest BCUT2D eigenvalue weighted by Gasteiger charge is 2.18. The van der Waals surface area contributed by atoms with E-state index in [1.807, 2.05) is 43.3 Å². The number of nitrogens with zero attached hydrogens (tertiary/aromatic N) is 7. The largest absolute Gasteiger partial charge is 0.382 e. The van der Waals surface area contributed by atoms with Gasteiger partial charge in [-0.3, -0.25) is 13.8 Å². The van der Waals surface area contributed by atoms with Crippen LogP contribution in [0, 0.1) is 6.92 Å². The number of hydrogen-bond donors (Lipinski definition) is 5. The maximum atomic E-state index is 13.0. The average Bonchev–Trinajstić information content (AvgIpc) is 3.15. The van der Waals surface area contributed by atoms with Crippen LogP contribution in [0.4, 0.5) is 23.0 Å². The fraction of sp³-hybridized carbons (Fsp3) is 0.0882. The van der Waals surface area contributed by atoms with Gasteiger partial charge in [-0.15, -0.1) is 0 Å². The van der Waals surface area contributed by atoms with Crippen molar-refractivity contribution in [2.24, 2.45) is 5.14 Å². The van der Waals surface area contributed by atoms with E-state index < -0.39 is 32.6 Å². The molecular formula is C34H30N12O5S2. The first-order valence-corrected chi connectivity index (χ1v) is 18.4. The molecule has 8 N–H and O–H groups in total. The molecule has 268 valence electrons. The lowest BCUT2D eigenvalue weighted by atomic mass is 10.1. The number of benzene rings is 2. The Hall–Kier alpha value is -6.57. The van der Waals surface area contributed by atoms with E-state index in [1.54, 1.807) is 12.1 Å². The summed E-state index contributed by atoms with van der Waals surface area (Å²) in [7, 11) is -5.54. The number of nitrogens with one attached hydrogen (secondary N) is 2. The molecule has 19 heteroatoms. The fourth-order valence-corrected chi connectivity index (χ4v) is 6.18. The molecule has 0 saturated carbocycles. The summed E-state index contributed by atoms with van der Waals surface area (Å²) in [6, 6.07) is 17.3. The molecular weight excluding hydrogens is 721 g/mol. The normalized spacial score (nSPS) is 11.8. The molecule has 0 fully saturated rings. The van der Waals surface area contributed by atoms with Gasteiger partial charge in [0.1, 0.15) is 0 Å². The summed E-state index contributed by atoms with van der Waals surface area (Å²) in [4.78, 5) is 54.9. The minimum Gasteiger partial charge on any atom is -0.382 e. The summed E-state index contributed by atoms with van der Waals surface area (Å²) >= 11 is 0. The van der Waals surface area contributed by atoms with Crippen LogP contribution < -0.4 is 27.2 Å². The number of aryl methyl sites for hydroxylation is 2. The van der Waals surface area contributed by atoms with Gasteiger partial charge in [0, 0.05) is 16.9 Å². The molecule has 0 aliphatic heterocycles. The van der Waals surface area contributed by atoms with Gasteiger partial charge in [0.2, 0.25) is 5.16 Å². The van der Waals surface area contributed by atoms with Gasteiger partial charge in [0.15, 0.2) is 28.0 Å². The summed E-state index contributed by atoms with van der Waals surface area (Å²) in [5, 5.41) is 10.0. The van der Waals surface area contributed by atoms with Gasteiger partial charge in [0.05, 0.1) is 64.5 Å². The summed E-state index contributed by atoms with van der Waals surface area (Å²) in [6.07, 6.45) is 7.19. The van der Waals surface area contributed by atoms with Crippen molar-refractivity contribution in [3.63, 3.8) is 0 Å². The van der Waals surface area contributed by atoms with Crippen LogP contribution in [0.3, 0.4) is 0 Å². The molecule has 0 spiro atoms. The smallest absolute Gasteiger partial charge is 0.278 e. The number of anilines is 4. The van der Waals surface area contributed by atoms with E-state index in [1.165, 1.54) is 30.9 Å². The quantitative estimate of drug-likeness (QED) is 0.119. The molecule has 4 heterocycles. The highest BCUT2D eigenvalue weighted by atomic mass is 32.2. The van der Waals surface area contributed by atoms with Crippen molar-refractivity contribution in [1.29, 1.82) is 0 Å². The number of rotatable bonds is 11. The van der Waals surface area contributed by atoms with Crippen LogP contribution >= 0.6 is 0 Å². The van der Waals surface area contributed by atoms with E-state index in [0.717, 1.165) is 29.0 Å². The molecule has 2 aromatic carbocycles. The van der Waals surface area contributed by atoms with E-state index in [4.69, 9.17) is 16.6 Å². The second kappa shape index (κ2) is 15.4. The van der Waals surface area contributed by atoms with Crippen molar-refractivity contribution in [1.82, 2.24) is 34.9 Å². The molecule has 17 nitrogen and oxygen atoms in total. The zero-order valence-corrected chi connectivity index (χ0v) is 29.4. The second-order valence-corrected chi connectivity index (χ2v) is 14.4. The predicted octanol–water partition coefficient (Wildman–Crippen LogP) is 2.76. The lowest BCUT2D eigenvalue weighted by Gasteiger charge is -2.09. The first-order chi connectivity index (χ1) is 25.3. The van der Waals surface area contributed by atoms with Gasteiger partial charge in [-0.05, 0) is 31.0 Å². The Morgan fingerprint density at radius 1 is 0.679 bits per heavy atom. The number of carbonyl (C=O) groups is 2. The van der Waals surface area contributed by atoms with E-state index in [2.05, 4.69) is 45.5 Å². The number of nitrogen functional groups attached to an aromatic ring is 2. The Bertz CT molecular complexity index is 2450. The van der Waals surface area contributed by atoms with Crippen molar-refractivity contribution >= 4 is 55.6 Å². The first-order valence-electron chi connectivity index (χ1n) is 15.6. The van der Waals surface area contributed by atoms with Crippen LogP contribution in [0.15, 0.2) is 102 Å². The van der Waals surface area contributed by atoms with E-state index in [-0.39, 0.29) is 50.3 Å². The molecule has 0 aliphatic carbocycles. The van der Waals surface area contributed by atoms with E-state index in [9.17, 15) is 22.2 Å². The zero-order valence-electron chi connectivity index (χ0n) is 27.8. The minimum atomic E-state index is -3.99. The monoisotopic (exact) mass is 750 g/mol. The van der Waals surface area contributed by atoms with Crippen molar-refractivity contribution in [2.45, 2.75) is 23.5 Å². The van der Waals surface area contributed by atoms with Gasteiger partial charge in [-0.25, -0.2) is 48.4 Å². The van der Waals surface area contributed by atoms with Crippen molar-refractivity contribution < 1.29 is 22.2 Å². The predicted molar refractivity (Wildman–Crippen MR) is 197 cm³/mol. The topological polar surface area (TPSA) is 278 Å². The summed E-state index contributed by atoms with van der Waals surface area (Å²) in [5.74, 6) is -1.20.